The van der Waals surface area contributed by atoms with Crippen molar-refractivity contribution in [2.75, 3.05) is 27.8 Å². The minimum atomic E-state index is -0.307. The maximum absolute atomic E-state index is 11.1. The Balaban J connectivity index is 2.56. The first-order valence-electron chi connectivity index (χ1n) is 9.48. The highest BCUT2D eigenvalue weighted by Gasteiger charge is 2.16. The zero-order chi connectivity index (χ0) is 19.5. The fourth-order valence-electron chi connectivity index (χ4n) is 2.78. The molecule has 0 spiro atoms. The SMILES string of the molecule is CCC(OCCCC(=O)OC)Oc1ccc(C(CC(C)C)N(C)C)cc1. The van der Waals surface area contributed by atoms with Gasteiger partial charge in [-0.1, -0.05) is 32.9 Å². The standard InChI is InChI=1S/C21H35NO4/c1-7-21(25-14-8-9-20(23)24-6)26-18-12-10-17(11-13-18)19(22(4)5)15-16(2)3/h10-13,16,19,21H,7-9,14-15H2,1-6H3. The summed E-state index contributed by atoms with van der Waals surface area (Å²) < 4.78 is 16.3. The lowest BCUT2D eigenvalue weighted by atomic mass is 9.96. The van der Waals surface area contributed by atoms with Crippen molar-refractivity contribution in [2.24, 2.45) is 5.92 Å². The molecule has 0 saturated heterocycles. The quantitative estimate of drug-likeness (QED) is 0.312. The number of nitrogens with zero attached hydrogens (tertiary/aromatic N) is 1. The second-order valence-corrected chi connectivity index (χ2v) is 7.18. The van der Waals surface area contributed by atoms with Gasteiger partial charge >= 0.3 is 5.97 Å². The molecule has 0 aliphatic carbocycles. The molecule has 0 radical (unpaired) electrons. The van der Waals surface area contributed by atoms with Gasteiger partial charge in [-0.05, 0) is 50.6 Å². The second-order valence-electron chi connectivity index (χ2n) is 7.18. The van der Waals surface area contributed by atoms with Gasteiger partial charge in [0.1, 0.15) is 5.75 Å². The van der Waals surface area contributed by atoms with Gasteiger partial charge in [0.15, 0.2) is 6.29 Å². The molecular weight excluding hydrogens is 330 g/mol. The van der Waals surface area contributed by atoms with E-state index in [4.69, 9.17) is 9.47 Å². The van der Waals surface area contributed by atoms with Crippen LogP contribution in [0.2, 0.25) is 0 Å². The minimum Gasteiger partial charge on any atom is -0.469 e. The van der Waals surface area contributed by atoms with Crippen molar-refractivity contribution in [3.05, 3.63) is 29.8 Å². The van der Waals surface area contributed by atoms with Gasteiger partial charge in [0.25, 0.3) is 0 Å². The van der Waals surface area contributed by atoms with Crippen molar-refractivity contribution in [2.45, 2.75) is 58.8 Å². The van der Waals surface area contributed by atoms with Crippen LogP contribution in [0.4, 0.5) is 0 Å². The summed E-state index contributed by atoms with van der Waals surface area (Å²) in [6, 6.07) is 8.68. The molecule has 148 valence electrons. The number of methoxy groups -OCH3 is 1. The molecule has 2 unspecified atom stereocenters. The van der Waals surface area contributed by atoms with Gasteiger partial charge < -0.3 is 19.1 Å². The highest BCUT2D eigenvalue weighted by atomic mass is 16.7. The summed E-state index contributed by atoms with van der Waals surface area (Å²) in [6.45, 7) is 6.99. The third kappa shape index (κ3) is 8.19. The number of hydrogen-bond donors (Lipinski definition) is 0. The van der Waals surface area contributed by atoms with Gasteiger partial charge in [-0.25, -0.2) is 0 Å². The van der Waals surface area contributed by atoms with Crippen LogP contribution in [0, 0.1) is 5.92 Å². The van der Waals surface area contributed by atoms with Gasteiger partial charge in [0.05, 0.1) is 13.7 Å². The fraction of sp³-hybridized carbons (Fsp3) is 0.667. The van der Waals surface area contributed by atoms with Crippen LogP contribution in [0.25, 0.3) is 0 Å². The Morgan fingerprint density at radius 3 is 2.31 bits per heavy atom. The van der Waals surface area contributed by atoms with E-state index in [1.54, 1.807) is 0 Å². The molecule has 5 heteroatoms. The van der Waals surface area contributed by atoms with E-state index in [0.29, 0.717) is 31.4 Å². The zero-order valence-corrected chi connectivity index (χ0v) is 17.2. The molecule has 5 nitrogen and oxygen atoms in total. The maximum Gasteiger partial charge on any atom is 0.305 e. The average Bonchev–Trinajstić information content (AvgIpc) is 2.62. The van der Waals surface area contributed by atoms with Crippen LogP contribution in [0.1, 0.15) is 58.1 Å². The molecule has 26 heavy (non-hydrogen) atoms. The molecule has 0 fully saturated rings. The highest BCUT2D eigenvalue weighted by molar-refractivity contribution is 5.68. The van der Waals surface area contributed by atoms with Crippen molar-refractivity contribution in [1.29, 1.82) is 0 Å². The molecule has 1 aromatic rings. The first kappa shape index (κ1) is 22.5. The van der Waals surface area contributed by atoms with Crippen molar-refractivity contribution in [3.63, 3.8) is 0 Å². The summed E-state index contributed by atoms with van der Waals surface area (Å²) in [7, 11) is 5.63. The van der Waals surface area contributed by atoms with Crippen molar-refractivity contribution < 1.29 is 19.0 Å². The van der Waals surface area contributed by atoms with E-state index >= 15 is 0 Å². The van der Waals surface area contributed by atoms with Crippen LogP contribution >= 0.6 is 0 Å². The Labute approximate surface area is 158 Å². The number of carbonyl (C=O) groups excluding carboxylic acids is 1. The van der Waals surface area contributed by atoms with Crippen molar-refractivity contribution in [1.82, 2.24) is 4.90 Å². The zero-order valence-electron chi connectivity index (χ0n) is 17.2. The van der Waals surface area contributed by atoms with Crippen molar-refractivity contribution >= 4 is 5.97 Å². The van der Waals surface area contributed by atoms with Gasteiger partial charge in [0.2, 0.25) is 0 Å². The topological polar surface area (TPSA) is 48.0 Å². The van der Waals surface area contributed by atoms with Gasteiger partial charge in [0, 0.05) is 18.9 Å². The van der Waals surface area contributed by atoms with Crippen LogP contribution in [0.3, 0.4) is 0 Å². The van der Waals surface area contributed by atoms with E-state index in [9.17, 15) is 4.79 Å². The van der Waals surface area contributed by atoms with Crippen molar-refractivity contribution in [3.8, 4) is 5.75 Å². The van der Waals surface area contributed by atoms with Gasteiger partial charge in [-0.2, -0.15) is 0 Å². The largest absolute Gasteiger partial charge is 0.469 e. The Bertz CT molecular complexity index is 513. The third-order valence-electron chi connectivity index (χ3n) is 4.24. The maximum atomic E-state index is 11.1. The number of esters is 1. The molecule has 0 aliphatic rings. The van der Waals surface area contributed by atoms with E-state index in [0.717, 1.165) is 18.6 Å². The Hall–Kier alpha value is -1.59. The Morgan fingerprint density at radius 2 is 1.81 bits per heavy atom. The summed E-state index contributed by atoms with van der Waals surface area (Å²) in [5, 5.41) is 0. The van der Waals surface area contributed by atoms with Crippen LogP contribution in [-0.4, -0.2) is 45.0 Å². The lowest BCUT2D eigenvalue weighted by Crippen LogP contribution is -2.22. The average molecular weight is 366 g/mol. The molecule has 0 amide bonds. The first-order valence-corrected chi connectivity index (χ1v) is 9.48. The number of hydrogen-bond acceptors (Lipinski definition) is 5. The molecule has 1 aromatic carbocycles. The molecule has 0 N–H and O–H groups in total. The van der Waals surface area contributed by atoms with Crippen LogP contribution < -0.4 is 4.74 Å². The van der Waals surface area contributed by atoms with E-state index in [2.05, 4.69) is 49.7 Å². The molecular formula is C21H35NO4. The number of ether oxygens (including phenoxy) is 3. The molecule has 1 rings (SSSR count). The summed E-state index contributed by atoms with van der Waals surface area (Å²) in [6.07, 6.45) is 2.55. The summed E-state index contributed by atoms with van der Waals surface area (Å²) in [5.74, 6) is 1.23. The molecule has 0 bridgehead atoms. The van der Waals surface area contributed by atoms with Gasteiger partial charge in [-0.3, -0.25) is 4.79 Å². The van der Waals surface area contributed by atoms with E-state index in [1.165, 1.54) is 12.7 Å². The van der Waals surface area contributed by atoms with E-state index in [-0.39, 0.29) is 12.3 Å². The molecule has 0 heterocycles. The predicted molar refractivity (Wildman–Crippen MR) is 104 cm³/mol. The van der Waals surface area contributed by atoms with Crippen LogP contribution in [0.5, 0.6) is 5.75 Å². The molecule has 0 saturated carbocycles. The summed E-state index contributed by atoms with van der Waals surface area (Å²) >= 11 is 0. The van der Waals surface area contributed by atoms with Crippen LogP contribution in [0.15, 0.2) is 24.3 Å². The predicted octanol–water partition coefficient (Wildman–Crippen LogP) is 4.42. The number of benzene rings is 1. The Kier molecular flexibility index (Phi) is 10.3. The highest BCUT2D eigenvalue weighted by Crippen LogP contribution is 2.27. The van der Waals surface area contributed by atoms with Gasteiger partial charge in [-0.15, -0.1) is 0 Å². The monoisotopic (exact) mass is 365 g/mol. The smallest absolute Gasteiger partial charge is 0.305 e. The summed E-state index contributed by atoms with van der Waals surface area (Å²) in [5.41, 5.74) is 1.29. The van der Waals surface area contributed by atoms with E-state index < -0.39 is 0 Å². The first-order chi connectivity index (χ1) is 12.4. The van der Waals surface area contributed by atoms with E-state index in [1.807, 2.05) is 19.1 Å². The fourth-order valence-corrected chi connectivity index (χ4v) is 2.78. The second kappa shape index (κ2) is 11.9. The normalized spacial score (nSPS) is 13.7. The molecule has 0 aliphatic heterocycles. The number of rotatable bonds is 12. The Morgan fingerprint density at radius 1 is 1.15 bits per heavy atom. The van der Waals surface area contributed by atoms with Crippen LogP contribution in [-0.2, 0) is 14.3 Å². The summed E-state index contributed by atoms with van der Waals surface area (Å²) in [4.78, 5) is 13.4. The minimum absolute atomic E-state index is 0.213. The lowest BCUT2D eigenvalue weighted by molar-refractivity contribution is -0.141. The molecule has 0 aromatic heterocycles. The number of carbonyl (C=O) groups is 1. The molecule has 2 atom stereocenters. The third-order valence-corrected chi connectivity index (χ3v) is 4.24. The lowest BCUT2D eigenvalue weighted by Gasteiger charge is -2.27.